The van der Waals surface area contributed by atoms with Gasteiger partial charge < -0.3 is 0 Å². The van der Waals surface area contributed by atoms with Crippen LogP contribution in [0.2, 0.25) is 0 Å². The van der Waals surface area contributed by atoms with Gasteiger partial charge in [0.05, 0.1) is 5.56 Å². The lowest BCUT2D eigenvalue weighted by molar-refractivity contribution is -0.137. The Bertz CT molecular complexity index is 405. The molecule has 0 spiro atoms. The quantitative estimate of drug-likeness (QED) is 0.606. The standard InChI is InChI=1S/C15H20BrF3/c1-14(2,3)13(16)9-5-7-11-6-4-8-12(10-11)15(17,18)19/h4,6,8,10,13H,5,7,9H2,1-3H3. The van der Waals surface area contributed by atoms with Crippen molar-refractivity contribution in [2.75, 3.05) is 0 Å². The smallest absolute Gasteiger partial charge is 0.166 e. The molecule has 0 amide bonds. The number of hydrogen-bond donors (Lipinski definition) is 0. The summed E-state index contributed by atoms with van der Waals surface area (Å²) in [7, 11) is 0. The number of aryl methyl sites for hydroxylation is 1. The highest BCUT2D eigenvalue weighted by Crippen LogP contribution is 2.31. The molecule has 0 saturated heterocycles. The largest absolute Gasteiger partial charge is 0.416 e. The van der Waals surface area contributed by atoms with E-state index in [1.165, 1.54) is 12.1 Å². The predicted octanol–water partition coefficient (Wildman–Crippen LogP) is 5.84. The van der Waals surface area contributed by atoms with Gasteiger partial charge in [0.2, 0.25) is 0 Å². The van der Waals surface area contributed by atoms with E-state index in [0.717, 1.165) is 24.5 Å². The van der Waals surface area contributed by atoms with E-state index in [9.17, 15) is 13.2 Å². The highest BCUT2D eigenvalue weighted by atomic mass is 79.9. The zero-order chi connectivity index (χ0) is 14.7. The summed E-state index contributed by atoms with van der Waals surface area (Å²) in [6, 6.07) is 5.61. The van der Waals surface area contributed by atoms with Gasteiger partial charge >= 0.3 is 6.18 Å². The van der Waals surface area contributed by atoms with Crippen LogP contribution in [0.4, 0.5) is 13.2 Å². The number of benzene rings is 1. The van der Waals surface area contributed by atoms with Crippen molar-refractivity contribution in [3.05, 3.63) is 35.4 Å². The molecule has 1 aromatic carbocycles. The first-order valence-corrected chi connectivity index (χ1v) is 7.32. The second-order valence-electron chi connectivity index (χ2n) is 5.92. The molecule has 0 saturated carbocycles. The molecule has 0 nitrogen and oxygen atoms in total. The van der Waals surface area contributed by atoms with Crippen LogP contribution in [0.25, 0.3) is 0 Å². The third kappa shape index (κ3) is 5.55. The van der Waals surface area contributed by atoms with Crippen LogP contribution >= 0.6 is 15.9 Å². The Balaban J connectivity index is 2.55. The van der Waals surface area contributed by atoms with E-state index in [1.807, 2.05) is 0 Å². The first-order chi connectivity index (χ1) is 8.60. The molecule has 1 aromatic rings. The number of rotatable bonds is 4. The lowest BCUT2D eigenvalue weighted by Gasteiger charge is -2.25. The first-order valence-electron chi connectivity index (χ1n) is 6.41. The molecule has 0 aliphatic heterocycles. The Morgan fingerprint density at radius 3 is 2.32 bits per heavy atom. The monoisotopic (exact) mass is 336 g/mol. The van der Waals surface area contributed by atoms with Crippen molar-refractivity contribution >= 4 is 15.9 Å². The SMILES string of the molecule is CC(C)(C)C(Br)CCCc1cccc(C(F)(F)F)c1. The highest BCUT2D eigenvalue weighted by Gasteiger charge is 2.30. The van der Waals surface area contributed by atoms with Crippen molar-refractivity contribution < 1.29 is 13.2 Å². The minimum absolute atomic E-state index is 0.174. The molecule has 1 atom stereocenters. The summed E-state index contributed by atoms with van der Waals surface area (Å²) >= 11 is 3.64. The maximum atomic E-state index is 12.6. The van der Waals surface area contributed by atoms with Crippen molar-refractivity contribution in [3.8, 4) is 0 Å². The van der Waals surface area contributed by atoms with Crippen LogP contribution in [0, 0.1) is 5.41 Å². The van der Waals surface area contributed by atoms with Crippen molar-refractivity contribution in [1.82, 2.24) is 0 Å². The molecule has 108 valence electrons. The Kier molecular flexibility index (Phi) is 5.48. The Morgan fingerprint density at radius 2 is 1.79 bits per heavy atom. The summed E-state index contributed by atoms with van der Waals surface area (Å²) < 4.78 is 37.7. The van der Waals surface area contributed by atoms with Crippen LogP contribution in [0.15, 0.2) is 24.3 Å². The van der Waals surface area contributed by atoms with E-state index >= 15 is 0 Å². The predicted molar refractivity (Wildman–Crippen MR) is 76.6 cm³/mol. The molecule has 1 unspecified atom stereocenters. The maximum absolute atomic E-state index is 12.6. The molecule has 0 fully saturated rings. The van der Waals surface area contributed by atoms with Gasteiger partial charge in [-0.15, -0.1) is 0 Å². The molecule has 0 N–H and O–H groups in total. The van der Waals surface area contributed by atoms with Gasteiger partial charge in [-0.05, 0) is 36.3 Å². The fraction of sp³-hybridized carbons (Fsp3) is 0.600. The van der Waals surface area contributed by atoms with Crippen molar-refractivity contribution in [1.29, 1.82) is 0 Å². The summed E-state index contributed by atoms with van der Waals surface area (Å²) in [5.74, 6) is 0. The Hall–Kier alpha value is -0.510. The summed E-state index contributed by atoms with van der Waals surface area (Å²) in [5, 5.41) is 0. The van der Waals surface area contributed by atoms with Crippen LogP contribution < -0.4 is 0 Å². The molecule has 0 aliphatic rings. The minimum Gasteiger partial charge on any atom is -0.166 e. The number of hydrogen-bond acceptors (Lipinski definition) is 0. The average Bonchev–Trinajstić information content (AvgIpc) is 2.27. The third-order valence-corrected chi connectivity index (χ3v) is 4.95. The maximum Gasteiger partial charge on any atom is 0.416 e. The molecule has 0 aromatic heterocycles. The van der Waals surface area contributed by atoms with Crippen molar-refractivity contribution in [2.45, 2.75) is 51.0 Å². The van der Waals surface area contributed by atoms with Gasteiger partial charge in [0.25, 0.3) is 0 Å². The zero-order valence-corrected chi connectivity index (χ0v) is 13.1. The second-order valence-corrected chi connectivity index (χ2v) is 7.03. The van der Waals surface area contributed by atoms with E-state index in [-0.39, 0.29) is 5.41 Å². The van der Waals surface area contributed by atoms with Crippen LogP contribution in [0.5, 0.6) is 0 Å². The Labute approximate surface area is 121 Å². The molecule has 0 radical (unpaired) electrons. The molecular formula is C15H20BrF3. The topological polar surface area (TPSA) is 0 Å². The summed E-state index contributed by atoms with van der Waals surface area (Å²) in [4.78, 5) is 0.380. The number of alkyl halides is 4. The summed E-state index contributed by atoms with van der Waals surface area (Å²) in [5.41, 5.74) is 0.369. The second kappa shape index (κ2) is 6.29. The van der Waals surface area contributed by atoms with Gasteiger partial charge in [0, 0.05) is 4.83 Å². The highest BCUT2D eigenvalue weighted by molar-refractivity contribution is 9.09. The van der Waals surface area contributed by atoms with Crippen molar-refractivity contribution in [3.63, 3.8) is 0 Å². The van der Waals surface area contributed by atoms with Crippen LogP contribution in [-0.4, -0.2) is 4.83 Å². The molecule has 0 aliphatic carbocycles. The van der Waals surface area contributed by atoms with Gasteiger partial charge in [-0.3, -0.25) is 0 Å². The first kappa shape index (κ1) is 16.5. The lowest BCUT2D eigenvalue weighted by atomic mass is 9.89. The lowest BCUT2D eigenvalue weighted by Crippen LogP contribution is -2.20. The molecule has 0 heterocycles. The summed E-state index contributed by atoms with van der Waals surface area (Å²) in [6.45, 7) is 6.45. The van der Waals surface area contributed by atoms with Crippen LogP contribution in [0.3, 0.4) is 0 Å². The van der Waals surface area contributed by atoms with Gasteiger partial charge in [0.15, 0.2) is 0 Å². The van der Waals surface area contributed by atoms with Gasteiger partial charge in [-0.2, -0.15) is 13.2 Å². The summed E-state index contributed by atoms with van der Waals surface area (Å²) in [6.07, 6.45) is -1.73. The normalized spacial score (nSPS) is 14.5. The van der Waals surface area contributed by atoms with E-state index in [4.69, 9.17) is 0 Å². The van der Waals surface area contributed by atoms with Gasteiger partial charge in [-0.25, -0.2) is 0 Å². The fourth-order valence-electron chi connectivity index (χ4n) is 1.82. The van der Waals surface area contributed by atoms with E-state index in [2.05, 4.69) is 36.7 Å². The van der Waals surface area contributed by atoms with Gasteiger partial charge in [0.1, 0.15) is 0 Å². The zero-order valence-electron chi connectivity index (χ0n) is 11.5. The molecule has 19 heavy (non-hydrogen) atoms. The number of halogens is 4. The third-order valence-electron chi connectivity index (χ3n) is 3.12. The minimum atomic E-state index is -4.25. The molecule has 0 bridgehead atoms. The molecular weight excluding hydrogens is 317 g/mol. The van der Waals surface area contributed by atoms with Crippen molar-refractivity contribution in [2.24, 2.45) is 5.41 Å². The van der Waals surface area contributed by atoms with Crippen LogP contribution in [0.1, 0.15) is 44.7 Å². The Morgan fingerprint density at radius 1 is 1.16 bits per heavy atom. The van der Waals surface area contributed by atoms with E-state index in [0.29, 0.717) is 11.2 Å². The average molecular weight is 337 g/mol. The van der Waals surface area contributed by atoms with Gasteiger partial charge in [-0.1, -0.05) is 54.9 Å². The molecule has 1 rings (SSSR count). The van der Waals surface area contributed by atoms with E-state index < -0.39 is 11.7 Å². The van der Waals surface area contributed by atoms with Crippen LogP contribution in [-0.2, 0) is 12.6 Å². The molecule has 4 heteroatoms. The fourth-order valence-corrected chi connectivity index (χ4v) is 2.15. The van der Waals surface area contributed by atoms with E-state index in [1.54, 1.807) is 6.07 Å².